The molecule has 2 aromatic rings. The molecule has 5 heteroatoms. The van der Waals surface area contributed by atoms with Crippen LogP contribution < -0.4 is 10.5 Å². The molecule has 1 saturated heterocycles. The Morgan fingerprint density at radius 2 is 2.18 bits per heavy atom. The molecule has 0 radical (unpaired) electrons. The van der Waals surface area contributed by atoms with Crippen LogP contribution >= 0.6 is 0 Å². The Morgan fingerprint density at radius 3 is 2.77 bits per heavy atom. The molecule has 3 rings (SSSR count). The van der Waals surface area contributed by atoms with E-state index in [2.05, 4.69) is 33.7 Å². The highest BCUT2D eigenvalue weighted by atomic mass is 16.1. The minimum atomic E-state index is -0.118. The molecule has 116 valence electrons. The zero-order valence-corrected chi connectivity index (χ0v) is 13.4. The lowest BCUT2D eigenvalue weighted by molar-refractivity contribution is 0.418. The number of aromatic amines is 1. The summed E-state index contributed by atoms with van der Waals surface area (Å²) in [5.41, 5.74) is 1.87. The Labute approximate surface area is 130 Å². The number of anilines is 1. The molecule has 0 spiro atoms. The average molecular weight is 298 g/mol. The van der Waals surface area contributed by atoms with Crippen molar-refractivity contribution in [3.8, 4) is 11.4 Å². The minimum absolute atomic E-state index is 0.118. The molecule has 1 N–H and O–H groups in total. The van der Waals surface area contributed by atoms with E-state index >= 15 is 0 Å². The van der Waals surface area contributed by atoms with Crippen LogP contribution in [0.25, 0.3) is 11.4 Å². The molecule has 0 atom stereocenters. The van der Waals surface area contributed by atoms with E-state index < -0.39 is 0 Å². The van der Waals surface area contributed by atoms with E-state index in [0.29, 0.717) is 11.2 Å². The van der Waals surface area contributed by atoms with Crippen LogP contribution in [0.5, 0.6) is 0 Å². The van der Waals surface area contributed by atoms with Gasteiger partial charge in [-0.3, -0.25) is 4.79 Å². The summed E-state index contributed by atoms with van der Waals surface area (Å²) >= 11 is 0. The first kappa shape index (κ1) is 14.8. The summed E-state index contributed by atoms with van der Waals surface area (Å²) in [6, 6.07) is 5.53. The average Bonchev–Trinajstić information content (AvgIpc) is 2.87. The molecular weight excluding hydrogens is 276 g/mol. The molecule has 0 saturated carbocycles. The molecule has 0 amide bonds. The molecule has 1 fully saturated rings. The Bertz CT molecular complexity index is 718. The van der Waals surface area contributed by atoms with Gasteiger partial charge in [0, 0.05) is 36.6 Å². The van der Waals surface area contributed by atoms with Crippen molar-refractivity contribution in [1.82, 2.24) is 15.0 Å². The van der Waals surface area contributed by atoms with Crippen LogP contribution in [0.15, 0.2) is 29.2 Å². The third kappa shape index (κ3) is 3.03. The third-order valence-electron chi connectivity index (χ3n) is 4.18. The summed E-state index contributed by atoms with van der Waals surface area (Å²) in [5.74, 6) is 1.58. The van der Waals surface area contributed by atoms with Gasteiger partial charge in [0.1, 0.15) is 11.6 Å². The van der Waals surface area contributed by atoms with E-state index in [-0.39, 0.29) is 5.56 Å². The lowest BCUT2D eigenvalue weighted by atomic mass is 9.93. The highest BCUT2D eigenvalue weighted by Crippen LogP contribution is 2.31. The first-order valence-corrected chi connectivity index (χ1v) is 7.78. The van der Waals surface area contributed by atoms with E-state index in [4.69, 9.17) is 0 Å². The standard InChI is InChI=1S/C17H22N4O/c1-4-13-9-15(22)20-16(19-13)12-5-6-14(18-10-12)21-8-7-17(2,3)11-21/h5-6,9-10H,4,7-8,11H2,1-3H3,(H,19,20,22). The second kappa shape index (κ2) is 5.55. The van der Waals surface area contributed by atoms with Crippen molar-refractivity contribution in [1.29, 1.82) is 0 Å². The van der Waals surface area contributed by atoms with E-state index in [1.807, 2.05) is 19.1 Å². The maximum Gasteiger partial charge on any atom is 0.251 e. The highest BCUT2D eigenvalue weighted by Gasteiger charge is 2.29. The number of H-pyrrole nitrogens is 1. The van der Waals surface area contributed by atoms with Crippen LogP contribution in [-0.4, -0.2) is 28.0 Å². The first-order chi connectivity index (χ1) is 10.5. The van der Waals surface area contributed by atoms with Gasteiger partial charge < -0.3 is 9.88 Å². The number of aromatic nitrogens is 3. The fourth-order valence-electron chi connectivity index (χ4n) is 2.85. The third-order valence-corrected chi connectivity index (χ3v) is 4.18. The Morgan fingerprint density at radius 1 is 1.36 bits per heavy atom. The number of hydrogen-bond donors (Lipinski definition) is 1. The summed E-state index contributed by atoms with van der Waals surface area (Å²) in [7, 11) is 0. The van der Waals surface area contributed by atoms with Crippen molar-refractivity contribution in [3.05, 3.63) is 40.4 Å². The summed E-state index contributed by atoms with van der Waals surface area (Å²) in [5, 5.41) is 0. The Hall–Kier alpha value is -2.17. The van der Waals surface area contributed by atoms with Gasteiger partial charge in [-0.05, 0) is 30.4 Å². The summed E-state index contributed by atoms with van der Waals surface area (Å²) in [4.78, 5) is 25.8. The van der Waals surface area contributed by atoms with E-state index in [1.165, 1.54) is 12.5 Å². The molecule has 3 heterocycles. The summed E-state index contributed by atoms with van der Waals surface area (Å²) in [6.45, 7) is 8.63. The molecule has 1 aliphatic heterocycles. The lowest BCUT2D eigenvalue weighted by Gasteiger charge is -2.20. The quantitative estimate of drug-likeness (QED) is 0.946. The fourth-order valence-corrected chi connectivity index (χ4v) is 2.85. The fraction of sp³-hybridized carbons (Fsp3) is 0.471. The predicted molar refractivity (Wildman–Crippen MR) is 88.1 cm³/mol. The van der Waals surface area contributed by atoms with Crippen molar-refractivity contribution >= 4 is 5.82 Å². The van der Waals surface area contributed by atoms with Gasteiger partial charge in [0.05, 0.1) is 0 Å². The van der Waals surface area contributed by atoms with E-state index in [0.717, 1.165) is 36.6 Å². The smallest absolute Gasteiger partial charge is 0.251 e. The van der Waals surface area contributed by atoms with Crippen molar-refractivity contribution in [2.24, 2.45) is 5.41 Å². The second-order valence-corrected chi connectivity index (χ2v) is 6.68. The molecule has 0 unspecified atom stereocenters. The Balaban J connectivity index is 1.86. The number of rotatable bonds is 3. The zero-order valence-electron chi connectivity index (χ0n) is 13.4. The zero-order chi connectivity index (χ0) is 15.7. The molecular formula is C17H22N4O. The van der Waals surface area contributed by atoms with Gasteiger partial charge in [0.25, 0.3) is 5.56 Å². The van der Waals surface area contributed by atoms with Gasteiger partial charge >= 0.3 is 0 Å². The maximum absolute atomic E-state index is 11.7. The minimum Gasteiger partial charge on any atom is -0.356 e. The largest absolute Gasteiger partial charge is 0.356 e. The van der Waals surface area contributed by atoms with Gasteiger partial charge in [-0.2, -0.15) is 0 Å². The van der Waals surface area contributed by atoms with Gasteiger partial charge in [0.15, 0.2) is 0 Å². The molecule has 0 bridgehead atoms. The van der Waals surface area contributed by atoms with Gasteiger partial charge in [0.2, 0.25) is 0 Å². The van der Waals surface area contributed by atoms with Crippen LogP contribution in [0, 0.1) is 5.41 Å². The second-order valence-electron chi connectivity index (χ2n) is 6.68. The first-order valence-electron chi connectivity index (χ1n) is 7.78. The summed E-state index contributed by atoms with van der Waals surface area (Å²) in [6.07, 6.45) is 3.72. The van der Waals surface area contributed by atoms with Gasteiger partial charge in [-0.25, -0.2) is 9.97 Å². The number of hydrogen-bond acceptors (Lipinski definition) is 4. The highest BCUT2D eigenvalue weighted by molar-refractivity contribution is 5.56. The van der Waals surface area contributed by atoms with Crippen molar-refractivity contribution in [2.75, 3.05) is 18.0 Å². The van der Waals surface area contributed by atoms with Crippen LogP contribution in [0.4, 0.5) is 5.82 Å². The van der Waals surface area contributed by atoms with Gasteiger partial charge in [-0.15, -0.1) is 0 Å². The lowest BCUT2D eigenvalue weighted by Crippen LogP contribution is -2.23. The van der Waals surface area contributed by atoms with Crippen molar-refractivity contribution in [3.63, 3.8) is 0 Å². The SMILES string of the molecule is CCc1cc(=O)[nH]c(-c2ccc(N3CCC(C)(C)C3)nc2)n1. The normalized spacial score (nSPS) is 17.0. The molecule has 2 aromatic heterocycles. The van der Waals surface area contributed by atoms with Crippen LogP contribution in [0.3, 0.4) is 0 Å². The van der Waals surface area contributed by atoms with E-state index in [9.17, 15) is 4.79 Å². The summed E-state index contributed by atoms with van der Waals surface area (Å²) < 4.78 is 0. The molecule has 1 aliphatic rings. The number of nitrogens with one attached hydrogen (secondary N) is 1. The van der Waals surface area contributed by atoms with E-state index in [1.54, 1.807) is 6.20 Å². The van der Waals surface area contributed by atoms with Gasteiger partial charge in [-0.1, -0.05) is 20.8 Å². The monoisotopic (exact) mass is 298 g/mol. The maximum atomic E-state index is 11.7. The number of pyridine rings is 1. The van der Waals surface area contributed by atoms with Crippen molar-refractivity contribution in [2.45, 2.75) is 33.6 Å². The number of nitrogens with zero attached hydrogens (tertiary/aromatic N) is 3. The van der Waals surface area contributed by atoms with Crippen LogP contribution in [0.1, 0.15) is 32.9 Å². The molecule has 5 nitrogen and oxygen atoms in total. The topological polar surface area (TPSA) is 61.9 Å². The molecule has 22 heavy (non-hydrogen) atoms. The van der Waals surface area contributed by atoms with Crippen molar-refractivity contribution < 1.29 is 0 Å². The molecule has 0 aromatic carbocycles. The molecule has 0 aliphatic carbocycles. The predicted octanol–water partition coefficient (Wildman–Crippen LogP) is 2.63. The Kier molecular flexibility index (Phi) is 3.72. The van der Waals surface area contributed by atoms with Crippen LogP contribution in [-0.2, 0) is 6.42 Å². The number of aryl methyl sites for hydroxylation is 1. The van der Waals surface area contributed by atoms with Crippen LogP contribution in [0.2, 0.25) is 0 Å².